The van der Waals surface area contributed by atoms with E-state index in [1.54, 1.807) is 0 Å². The van der Waals surface area contributed by atoms with Crippen molar-refractivity contribution in [2.45, 2.75) is 0 Å². The Morgan fingerprint density at radius 2 is 0.444 bits per heavy atom. The number of hydrogen-bond donors (Lipinski definition) is 0. The highest BCUT2D eigenvalue weighted by Gasteiger charge is 1.57. The molecule has 0 aliphatic heterocycles. The number of benzene rings is 1. The van der Waals surface area contributed by atoms with Gasteiger partial charge in [0.25, 0.3) is 0 Å². The third-order valence-corrected chi connectivity index (χ3v) is 0.667. The molecule has 0 N–H and O–H groups in total. The van der Waals surface area contributed by atoms with Gasteiger partial charge in [0, 0.05) is 0 Å². The van der Waals surface area contributed by atoms with Gasteiger partial charge in [-0.25, -0.2) is 0 Å². The highest BCUT2D eigenvalue weighted by Crippen LogP contribution is 1.79. The van der Waals surface area contributed by atoms with Gasteiger partial charge in [-0.05, 0) is 0 Å². The van der Waals surface area contributed by atoms with Gasteiger partial charge in [-0.2, -0.15) is 0 Å². The van der Waals surface area contributed by atoms with E-state index in [4.69, 9.17) is 0 Å². The van der Waals surface area contributed by atoms with Crippen LogP contribution in [0.25, 0.3) is 0 Å². The maximum atomic E-state index is 2.00. The smallest absolute Gasteiger partial charge is 0.0623 e. The molecule has 1 aromatic rings. The van der Waals surface area contributed by atoms with Crippen LogP contribution in [0.15, 0.2) is 36.4 Å². The SMILES string of the molecule is Cl.Cl.Cl.c1ccccc1. The molecule has 3 heteroatoms. The monoisotopic (exact) mass is 186 g/mol. The molecular weight excluding hydrogens is 178 g/mol. The van der Waals surface area contributed by atoms with Crippen LogP contribution in [-0.4, -0.2) is 0 Å². The van der Waals surface area contributed by atoms with E-state index in [1.807, 2.05) is 36.4 Å². The Kier molecular flexibility index (Phi) is 19.5. The molecule has 0 heterocycles. The third kappa shape index (κ3) is 8.09. The zero-order chi connectivity index (χ0) is 4.24. The van der Waals surface area contributed by atoms with E-state index in [0.717, 1.165) is 0 Å². The van der Waals surface area contributed by atoms with Gasteiger partial charge in [-0.1, -0.05) is 36.4 Å². The molecule has 9 heavy (non-hydrogen) atoms. The van der Waals surface area contributed by atoms with Crippen LogP contribution in [0.4, 0.5) is 0 Å². The fourth-order valence-electron chi connectivity index (χ4n) is 0.385. The van der Waals surface area contributed by atoms with Crippen LogP contribution in [0.1, 0.15) is 0 Å². The molecule has 0 saturated carbocycles. The third-order valence-electron chi connectivity index (χ3n) is 0.667. The van der Waals surface area contributed by atoms with Crippen molar-refractivity contribution >= 4 is 37.2 Å². The normalized spacial score (nSPS) is 5.33. The highest BCUT2D eigenvalue weighted by atomic mass is 35.5. The molecule has 0 atom stereocenters. The summed E-state index contributed by atoms with van der Waals surface area (Å²) in [5, 5.41) is 0. The second-order valence-corrected chi connectivity index (χ2v) is 1.15. The predicted octanol–water partition coefficient (Wildman–Crippen LogP) is 2.95. The van der Waals surface area contributed by atoms with Gasteiger partial charge in [0.15, 0.2) is 0 Å². The van der Waals surface area contributed by atoms with Crippen molar-refractivity contribution in [3.8, 4) is 0 Å². The molecule has 0 aromatic heterocycles. The van der Waals surface area contributed by atoms with Crippen molar-refractivity contribution in [2.75, 3.05) is 0 Å². The quantitative estimate of drug-likeness (QED) is 0.586. The Morgan fingerprint density at radius 3 is 0.556 bits per heavy atom. The van der Waals surface area contributed by atoms with E-state index < -0.39 is 0 Å². The van der Waals surface area contributed by atoms with Crippen molar-refractivity contribution in [1.29, 1.82) is 0 Å². The van der Waals surface area contributed by atoms with Crippen LogP contribution in [0.2, 0.25) is 0 Å². The molecule has 0 aliphatic rings. The zero-order valence-corrected chi connectivity index (χ0v) is 7.14. The molecule has 0 bridgehead atoms. The summed E-state index contributed by atoms with van der Waals surface area (Å²) in [6.07, 6.45) is 0. The molecule has 0 aliphatic carbocycles. The predicted molar refractivity (Wildman–Crippen MR) is 48.2 cm³/mol. The molecule has 0 nitrogen and oxygen atoms in total. The zero-order valence-electron chi connectivity index (χ0n) is 4.69. The summed E-state index contributed by atoms with van der Waals surface area (Å²) >= 11 is 0. The van der Waals surface area contributed by atoms with Crippen LogP contribution in [0.5, 0.6) is 0 Å². The van der Waals surface area contributed by atoms with Crippen LogP contribution >= 0.6 is 37.2 Å². The van der Waals surface area contributed by atoms with E-state index in [9.17, 15) is 0 Å². The van der Waals surface area contributed by atoms with Gasteiger partial charge in [-0.3, -0.25) is 0 Å². The molecule has 0 radical (unpaired) electrons. The second-order valence-electron chi connectivity index (χ2n) is 1.15. The Hall–Kier alpha value is 0.0900. The number of rotatable bonds is 0. The van der Waals surface area contributed by atoms with Crippen molar-refractivity contribution in [3.05, 3.63) is 36.4 Å². The lowest BCUT2D eigenvalue weighted by Gasteiger charge is -1.69. The Labute approximate surface area is 73.9 Å². The molecule has 0 saturated heterocycles. The fraction of sp³-hybridized carbons (Fsp3) is 0. The van der Waals surface area contributed by atoms with Crippen LogP contribution < -0.4 is 0 Å². The van der Waals surface area contributed by atoms with Gasteiger partial charge < -0.3 is 0 Å². The Balaban J connectivity index is -0.000000120. The minimum atomic E-state index is 0. The number of hydrogen-bond acceptors (Lipinski definition) is 0. The van der Waals surface area contributed by atoms with Gasteiger partial charge in [-0.15, -0.1) is 37.2 Å². The topological polar surface area (TPSA) is 0 Å². The van der Waals surface area contributed by atoms with E-state index in [1.165, 1.54) is 0 Å². The second kappa shape index (κ2) is 11.0. The first kappa shape index (κ1) is 16.0. The minimum Gasteiger partial charge on any atom is -0.147 e. The van der Waals surface area contributed by atoms with Crippen LogP contribution in [0, 0.1) is 0 Å². The van der Waals surface area contributed by atoms with Crippen molar-refractivity contribution in [2.24, 2.45) is 0 Å². The molecule has 0 spiro atoms. The molecule has 0 amide bonds. The summed E-state index contributed by atoms with van der Waals surface area (Å²) in [5.41, 5.74) is 0. The van der Waals surface area contributed by atoms with Gasteiger partial charge in [0.2, 0.25) is 0 Å². The molecule has 54 valence electrons. The van der Waals surface area contributed by atoms with Crippen LogP contribution in [-0.2, 0) is 0 Å². The minimum absolute atomic E-state index is 0. The maximum Gasteiger partial charge on any atom is -0.0623 e. The first-order valence-corrected chi connectivity index (χ1v) is 2.00. The molecule has 0 fully saturated rings. The van der Waals surface area contributed by atoms with E-state index >= 15 is 0 Å². The van der Waals surface area contributed by atoms with Crippen molar-refractivity contribution < 1.29 is 0 Å². The van der Waals surface area contributed by atoms with Crippen molar-refractivity contribution in [3.63, 3.8) is 0 Å². The molecule has 0 unspecified atom stereocenters. The average molecular weight is 187 g/mol. The molecule has 1 rings (SSSR count). The van der Waals surface area contributed by atoms with Gasteiger partial charge in [0.05, 0.1) is 0 Å². The standard InChI is InChI=1S/C6H6.3ClH/c1-2-4-6-5-3-1;;;/h1-6H;3*1H. The Bertz CT molecular complexity index is 80.2. The van der Waals surface area contributed by atoms with E-state index in [-0.39, 0.29) is 37.2 Å². The lowest BCUT2D eigenvalue weighted by atomic mass is 10.4. The molecular formula is C6H9Cl3. The van der Waals surface area contributed by atoms with Crippen molar-refractivity contribution in [1.82, 2.24) is 0 Å². The fourth-order valence-corrected chi connectivity index (χ4v) is 0.385. The summed E-state index contributed by atoms with van der Waals surface area (Å²) in [6.45, 7) is 0. The average Bonchev–Trinajstić information content (AvgIpc) is 1.72. The highest BCUT2D eigenvalue weighted by molar-refractivity contribution is 5.86. The summed E-state index contributed by atoms with van der Waals surface area (Å²) in [6, 6.07) is 12.0. The summed E-state index contributed by atoms with van der Waals surface area (Å²) in [7, 11) is 0. The number of halogens is 3. The van der Waals surface area contributed by atoms with Gasteiger partial charge in [0.1, 0.15) is 0 Å². The van der Waals surface area contributed by atoms with E-state index in [2.05, 4.69) is 0 Å². The largest absolute Gasteiger partial charge is 0.147 e. The van der Waals surface area contributed by atoms with E-state index in [0.29, 0.717) is 0 Å². The van der Waals surface area contributed by atoms with Gasteiger partial charge >= 0.3 is 0 Å². The lowest BCUT2D eigenvalue weighted by molar-refractivity contribution is 1.72. The van der Waals surface area contributed by atoms with Crippen LogP contribution in [0.3, 0.4) is 0 Å². The first-order chi connectivity index (χ1) is 3.00. The Morgan fingerprint density at radius 1 is 0.333 bits per heavy atom. The summed E-state index contributed by atoms with van der Waals surface area (Å²) in [5.74, 6) is 0. The molecule has 1 aromatic carbocycles. The summed E-state index contributed by atoms with van der Waals surface area (Å²) < 4.78 is 0. The maximum absolute atomic E-state index is 2.00. The summed E-state index contributed by atoms with van der Waals surface area (Å²) in [4.78, 5) is 0. The first-order valence-electron chi connectivity index (χ1n) is 2.00. The lowest BCUT2D eigenvalue weighted by Crippen LogP contribution is -1.47.